The van der Waals surface area contributed by atoms with Crippen molar-refractivity contribution in [1.29, 1.82) is 0 Å². The summed E-state index contributed by atoms with van der Waals surface area (Å²) in [6.45, 7) is 3.67. The summed E-state index contributed by atoms with van der Waals surface area (Å²) >= 11 is 0. The molecule has 0 saturated heterocycles. The highest BCUT2D eigenvalue weighted by atomic mass is 16.5. The Morgan fingerprint density at radius 3 is 2.65 bits per heavy atom. The lowest BCUT2D eigenvalue weighted by atomic mass is 10.2. The quantitative estimate of drug-likeness (QED) is 0.856. The molecule has 6 heteroatoms. The Bertz CT molecular complexity index is 780. The maximum Gasteiger partial charge on any atom is 0.340 e. The number of ether oxygens (including phenoxy) is 1. The number of carbonyl (C=O) groups is 2. The molecule has 120 valence electrons. The molecule has 0 fully saturated rings. The van der Waals surface area contributed by atoms with Crippen molar-refractivity contribution >= 4 is 17.6 Å². The molecule has 0 saturated carbocycles. The van der Waals surface area contributed by atoms with Gasteiger partial charge in [0.25, 0.3) is 5.56 Å². The molecule has 1 amide bonds. The number of anilines is 1. The van der Waals surface area contributed by atoms with Crippen molar-refractivity contribution in [1.82, 2.24) is 4.57 Å². The molecule has 0 spiro atoms. The van der Waals surface area contributed by atoms with Crippen LogP contribution in [0.15, 0.2) is 47.4 Å². The van der Waals surface area contributed by atoms with E-state index in [1.54, 1.807) is 43.5 Å². The summed E-state index contributed by atoms with van der Waals surface area (Å²) in [6, 6.07) is 9.68. The number of amides is 1. The second-order valence-electron chi connectivity index (χ2n) is 4.99. The van der Waals surface area contributed by atoms with E-state index in [4.69, 9.17) is 4.74 Å². The Morgan fingerprint density at radius 1 is 1.17 bits per heavy atom. The monoisotopic (exact) mass is 314 g/mol. The van der Waals surface area contributed by atoms with E-state index in [1.807, 2.05) is 6.92 Å². The first-order chi connectivity index (χ1) is 11.0. The molecule has 0 aliphatic carbocycles. The van der Waals surface area contributed by atoms with Gasteiger partial charge in [0.15, 0.2) is 0 Å². The summed E-state index contributed by atoms with van der Waals surface area (Å²) < 4.78 is 6.27. The number of hydrogen-bond donors (Lipinski definition) is 1. The van der Waals surface area contributed by atoms with Gasteiger partial charge < -0.3 is 14.6 Å². The van der Waals surface area contributed by atoms with Gasteiger partial charge in [0.1, 0.15) is 6.54 Å². The number of rotatable bonds is 5. The van der Waals surface area contributed by atoms with Crippen molar-refractivity contribution in [3.63, 3.8) is 0 Å². The van der Waals surface area contributed by atoms with E-state index in [1.165, 1.54) is 10.6 Å². The van der Waals surface area contributed by atoms with E-state index in [0.717, 1.165) is 5.56 Å². The predicted molar refractivity (Wildman–Crippen MR) is 86.5 cm³/mol. The molecule has 0 bridgehead atoms. The van der Waals surface area contributed by atoms with Crippen molar-refractivity contribution in [3.8, 4) is 0 Å². The molecule has 23 heavy (non-hydrogen) atoms. The lowest BCUT2D eigenvalue weighted by molar-refractivity contribution is -0.116. The van der Waals surface area contributed by atoms with Crippen LogP contribution in [0.1, 0.15) is 22.8 Å². The largest absolute Gasteiger partial charge is 0.462 e. The summed E-state index contributed by atoms with van der Waals surface area (Å²) in [6.07, 6.45) is 1.61. The maximum absolute atomic E-state index is 12.2. The first-order valence-electron chi connectivity index (χ1n) is 7.24. The van der Waals surface area contributed by atoms with Crippen LogP contribution in [-0.4, -0.2) is 23.1 Å². The minimum atomic E-state index is -0.504. The Hall–Kier alpha value is -2.89. The highest BCUT2D eigenvalue weighted by molar-refractivity contribution is 6.01. The minimum Gasteiger partial charge on any atom is -0.462 e. The molecule has 1 aromatic heterocycles. The fraction of sp³-hybridized carbons (Fsp3) is 0.235. The van der Waals surface area contributed by atoms with Crippen LogP contribution in [0.2, 0.25) is 0 Å². The van der Waals surface area contributed by atoms with Crippen LogP contribution in [0.3, 0.4) is 0 Å². The van der Waals surface area contributed by atoms with Crippen molar-refractivity contribution < 1.29 is 14.3 Å². The number of hydrogen-bond acceptors (Lipinski definition) is 4. The number of nitrogens with zero attached hydrogens (tertiary/aromatic N) is 1. The van der Waals surface area contributed by atoms with E-state index in [-0.39, 0.29) is 24.3 Å². The number of aryl methyl sites for hydroxylation is 1. The Kier molecular flexibility index (Phi) is 5.30. The molecule has 1 heterocycles. The zero-order valence-corrected chi connectivity index (χ0v) is 13.0. The summed E-state index contributed by atoms with van der Waals surface area (Å²) in [5.41, 5.74) is 1.25. The van der Waals surface area contributed by atoms with E-state index < -0.39 is 11.9 Å². The molecular formula is C17H18N2O4. The second-order valence-corrected chi connectivity index (χ2v) is 4.99. The summed E-state index contributed by atoms with van der Waals surface area (Å²) in [5.74, 6) is -0.898. The molecule has 0 aliphatic heterocycles. The van der Waals surface area contributed by atoms with Gasteiger partial charge in [-0.3, -0.25) is 9.59 Å². The Labute approximate surface area is 133 Å². The number of pyridine rings is 1. The van der Waals surface area contributed by atoms with Crippen LogP contribution in [-0.2, 0) is 16.1 Å². The third-order valence-corrected chi connectivity index (χ3v) is 3.14. The van der Waals surface area contributed by atoms with Crippen LogP contribution in [0, 0.1) is 6.92 Å². The molecule has 0 unspecified atom stereocenters. The van der Waals surface area contributed by atoms with Gasteiger partial charge in [-0.05, 0) is 31.5 Å². The minimum absolute atomic E-state index is 0.127. The van der Waals surface area contributed by atoms with Gasteiger partial charge in [-0.15, -0.1) is 0 Å². The fourth-order valence-corrected chi connectivity index (χ4v) is 2.10. The number of esters is 1. The zero-order chi connectivity index (χ0) is 16.8. The topological polar surface area (TPSA) is 77.4 Å². The number of nitrogens with one attached hydrogen (secondary N) is 1. The van der Waals surface area contributed by atoms with Gasteiger partial charge in [0, 0.05) is 12.3 Å². The lowest BCUT2D eigenvalue weighted by Crippen LogP contribution is -2.27. The SMILES string of the molecule is CCOC(=O)c1ccccc1NC(=O)Cn1cc(C)ccc1=O. The standard InChI is InChI=1S/C17H18N2O4/c1-3-23-17(22)13-6-4-5-7-14(13)18-15(20)11-19-10-12(2)8-9-16(19)21/h4-10H,3,11H2,1-2H3,(H,18,20). The number of para-hydroxylation sites is 1. The molecular weight excluding hydrogens is 296 g/mol. The van der Waals surface area contributed by atoms with Gasteiger partial charge in [-0.2, -0.15) is 0 Å². The average molecular weight is 314 g/mol. The third kappa shape index (κ3) is 4.29. The Balaban J connectivity index is 2.16. The molecule has 0 aliphatic rings. The molecule has 1 aromatic carbocycles. The second kappa shape index (κ2) is 7.40. The van der Waals surface area contributed by atoms with Gasteiger partial charge in [-0.1, -0.05) is 18.2 Å². The van der Waals surface area contributed by atoms with Crippen LogP contribution in [0.4, 0.5) is 5.69 Å². The van der Waals surface area contributed by atoms with Crippen molar-refractivity contribution in [2.75, 3.05) is 11.9 Å². The maximum atomic E-state index is 12.2. The van der Waals surface area contributed by atoms with E-state index in [9.17, 15) is 14.4 Å². The van der Waals surface area contributed by atoms with E-state index >= 15 is 0 Å². The van der Waals surface area contributed by atoms with Crippen LogP contribution in [0.5, 0.6) is 0 Å². The highest BCUT2D eigenvalue weighted by Gasteiger charge is 2.14. The Morgan fingerprint density at radius 2 is 1.91 bits per heavy atom. The van der Waals surface area contributed by atoms with Crippen molar-refractivity contribution in [3.05, 3.63) is 64.1 Å². The molecule has 6 nitrogen and oxygen atoms in total. The van der Waals surface area contributed by atoms with Gasteiger partial charge >= 0.3 is 5.97 Å². The summed E-state index contributed by atoms with van der Waals surface area (Å²) in [5, 5.41) is 2.65. The number of carbonyl (C=O) groups excluding carboxylic acids is 2. The number of aromatic nitrogens is 1. The molecule has 1 N–H and O–H groups in total. The summed E-state index contributed by atoms with van der Waals surface area (Å²) in [4.78, 5) is 35.8. The van der Waals surface area contributed by atoms with Crippen molar-refractivity contribution in [2.24, 2.45) is 0 Å². The van der Waals surface area contributed by atoms with Crippen molar-refractivity contribution in [2.45, 2.75) is 20.4 Å². The van der Waals surface area contributed by atoms with Gasteiger partial charge in [0.2, 0.25) is 5.91 Å². The van der Waals surface area contributed by atoms with Crippen LogP contribution >= 0.6 is 0 Å². The third-order valence-electron chi connectivity index (χ3n) is 3.14. The zero-order valence-electron chi connectivity index (χ0n) is 13.0. The summed E-state index contributed by atoms with van der Waals surface area (Å²) in [7, 11) is 0. The predicted octanol–water partition coefficient (Wildman–Crippen LogP) is 1.97. The molecule has 0 atom stereocenters. The first-order valence-corrected chi connectivity index (χ1v) is 7.24. The fourth-order valence-electron chi connectivity index (χ4n) is 2.10. The van der Waals surface area contributed by atoms with Crippen LogP contribution < -0.4 is 10.9 Å². The average Bonchev–Trinajstić information content (AvgIpc) is 2.51. The van der Waals surface area contributed by atoms with E-state index in [2.05, 4.69) is 5.32 Å². The first kappa shape index (κ1) is 16.5. The highest BCUT2D eigenvalue weighted by Crippen LogP contribution is 2.16. The number of benzene rings is 1. The normalized spacial score (nSPS) is 10.2. The molecule has 2 rings (SSSR count). The van der Waals surface area contributed by atoms with Crippen LogP contribution in [0.25, 0.3) is 0 Å². The smallest absolute Gasteiger partial charge is 0.340 e. The lowest BCUT2D eigenvalue weighted by Gasteiger charge is -2.11. The van der Waals surface area contributed by atoms with Gasteiger partial charge in [0.05, 0.1) is 17.9 Å². The molecule has 2 aromatic rings. The van der Waals surface area contributed by atoms with Gasteiger partial charge in [-0.25, -0.2) is 4.79 Å². The molecule has 0 radical (unpaired) electrons. The van der Waals surface area contributed by atoms with E-state index in [0.29, 0.717) is 5.69 Å².